The summed E-state index contributed by atoms with van der Waals surface area (Å²) in [7, 11) is 0. The molecule has 0 amide bonds. The second-order valence-electron chi connectivity index (χ2n) is 3.40. The molecule has 1 heterocycles. The van der Waals surface area contributed by atoms with E-state index in [-0.39, 0.29) is 12.3 Å². The highest BCUT2D eigenvalue weighted by Crippen LogP contribution is 2.37. The van der Waals surface area contributed by atoms with Gasteiger partial charge in [0.15, 0.2) is 11.8 Å². The van der Waals surface area contributed by atoms with Crippen LogP contribution in [0.15, 0.2) is 12.3 Å². The lowest BCUT2D eigenvalue weighted by Crippen LogP contribution is -2.21. The lowest BCUT2D eigenvalue weighted by atomic mass is 10.0. The summed E-state index contributed by atoms with van der Waals surface area (Å²) in [4.78, 5) is 13.0. The van der Waals surface area contributed by atoms with Crippen molar-refractivity contribution in [2.24, 2.45) is 0 Å². The van der Waals surface area contributed by atoms with Crippen molar-refractivity contribution in [1.82, 2.24) is 4.98 Å². The molecule has 0 aromatic carbocycles. The third-order valence-electron chi connectivity index (χ3n) is 2.04. The first-order valence-electron chi connectivity index (χ1n) is 4.50. The number of pyridine rings is 1. The zero-order chi connectivity index (χ0) is 15.0. The summed E-state index contributed by atoms with van der Waals surface area (Å²) < 4.78 is 74.3. The van der Waals surface area contributed by atoms with Gasteiger partial charge in [0.2, 0.25) is 0 Å². The summed E-state index contributed by atoms with van der Waals surface area (Å²) in [6.07, 6.45) is -13.0. The van der Waals surface area contributed by atoms with E-state index in [0.29, 0.717) is 0 Å². The van der Waals surface area contributed by atoms with Crippen molar-refractivity contribution in [1.29, 1.82) is 0 Å². The van der Waals surface area contributed by atoms with Crippen molar-refractivity contribution >= 4 is 5.97 Å². The second kappa shape index (κ2) is 4.68. The first kappa shape index (κ1) is 15.2. The SMILES string of the molecule is O=C(O)C(O)c1cc(C(F)(F)F)cnc1C(F)(F)F. The van der Waals surface area contributed by atoms with Crippen molar-refractivity contribution < 1.29 is 41.4 Å². The molecule has 0 aliphatic rings. The van der Waals surface area contributed by atoms with Gasteiger partial charge in [-0.05, 0) is 6.07 Å². The van der Waals surface area contributed by atoms with Gasteiger partial charge in [-0.25, -0.2) is 4.79 Å². The lowest BCUT2D eigenvalue weighted by molar-refractivity contribution is -0.151. The smallest absolute Gasteiger partial charge is 0.433 e. The Bertz CT molecular complexity index is 496. The zero-order valence-corrected chi connectivity index (χ0v) is 8.75. The lowest BCUT2D eigenvalue weighted by Gasteiger charge is -2.16. The number of hydrogen-bond donors (Lipinski definition) is 2. The van der Waals surface area contributed by atoms with Crippen LogP contribution in [0.5, 0.6) is 0 Å². The predicted octanol–water partition coefficient (Wildman–Crippen LogP) is 2.24. The summed E-state index contributed by atoms with van der Waals surface area (Å²) in [6, 6.07) is -0.0887. The highest BCUT2D eigenvalue weighted by atomic mass is 19.4. The highest BCUT2D eigenvalue weighted by Gasteiger charge is 2.41. The fourth-order valence-electron chi connectivity index (χ4n) is 1.22. The number of nitrogens with zero attached hydrogens (tertiary/aromatic N) is 1. The van der Waals surface area contributed by atoms with Gasteiger partial charge in [0.1, 0.15) is 0 Å². The molecule has 0 fully saturated rings. The molecule has 1 rings (SSSR count). The van der Waals surface area contributed by atoms with Gasteiger partial charge in [0.25, 0.3) is 0 Å². The predicted molar refractivity (Wildman–Crippen MR) is 46.8 cm³/mol. The number of carbonyl (C=O) groups is 1. The van der Waals surface area contributed by atoms with Crippen LogP contribution >= 0.6 is 0 Å². The van der Waals surface area contributed by atoms with Gasteiger partial charge in [-0.15, -0.1) is 0 Å². The van der Waals surface area contributed by atoms with E-state index in [0.717, 1.165) is 0 Å². The Labute approximate surface area is 101 Å². The topological polar surface area (TPSA) is 70.4 Å². The highest BCUT2D eigenvalue weighted by molar-refractivity contribution is 5.74. The summed E-state index contributed by atoms with van der Waals surface area (Å²) in [6.45, 7) is 0. The average molecular weight is 289 g/mol. The van der Waals surface area contributed by atoms with Crippen LogP contribution in [0, 0.1) is 0 Å². The Morgan fingerprint density at radius 3 is 2.05 bits per heavy atom. The van der Waals surface area contributed by atoms with Crippen LogP contribution in [0.1, 0.15) is 22.9 Å². The van der Waals surface area contributed by atoms with Crippen molar-refractivity contribution in [3.8, 4) is 0 Å². The van der Waals surface area contributed by atoms with E-state index in [9.17, 15) is 31.1 Å². The number of rotatable bonds is 2. The molecule has 0 spiro atoms. The van der Waals surface area contributed by atoms with Crippen LogP contribution in [0.3, 0.4) is 0 Å². The Morgan fingerprint density at radius 2 is 1.68 bits per heavy atom. The number of carboxylic acids is 1. The van der Waals surface area contributed by atoms with Crippen LogP contribution in [-0.2, 0) is 17.1 Å². The number of aliphatic carboxylic acids is 1. The Hall–Kier alpha value is -1.84. The van der Waals surface area contributed by atoms with Gasteiger partial charge in [0.05, 0.1) is 5.56 Å². The van der Waals surface area contributed by atoms with E-state index in [1.165, 1.54) is 0 Å². The molecule has 2 N–H and O–H groups in total. The number of halogens is 6. The molecule has 1 aromatic heterocycles. The van der Waals surface area contributed by atoms with E-state index in [1.807, 2.05) is 0 Å². The number of hydrogen-bond acceptors (Lipinski definition) is 3. The molecule has 1 aromatic rings. The third kappa shape index (κ3) is 3.34. The molecule has 1 unspecified atom stereocenters. The molecule has 0 aliphatic heterocycles. The van der Waals surface area contributed by atoms with Crippen molar-refractivity contribution in [3.05, 3.63) is 29.1 Å². The summed E-state index contributed by atoms with van der Waals surface area (Å²) >= 11 is 0. The van der Waals surface area contributed by atoms with Gasteiger partial charge in [-0.3, -0.25) is 4.98 Å². The maximum Gasteiger partial charge on any atom is 0.433 e. The van der Waals surface area contributed by atoms with Crippen molar-refractivity contribution in [3.63, 3.8) is 0 Å². The molecule has 0 saturated carbocycles. The first-order chi connectivity index (χ1) is 8.44. The van der Waals surface area contributed by atoms with Gasteiger partial charge in [0, 0.05) is 11.8 Å². The fourth-order valence-corrected chi connectivity index (χ4v) is 1.22. The molecular formula is C9H5F6NO3. The molecule has 1 atom stereocenters. The van der Waals surface area contributed by atoms with Gasteiger partial charge in [-0.1, -0.05) is 0 Å². The first-order valence-corrected chi connectivity index (χ1v) is 4.50. The number of carboxylic acid groups (broad SMARTS) is 1. The molecule has 0 radical (unpaired) electrons. The molecule has 10 heteroatoms. The van der Waals surface area contributed by atoms with E-state index in [2.05, 4.69) is 4.98 Å². The molecule has 4 nitrogen and oxygen atoms in total. The number of aliphatic hydroxyl groups excluding tert-OH is 1. The monoisotopic (exact) mass is 289 g/mol. The Morgan fingerprint density at radius 1 is 1.16 bits per heavy atom. The van der Waals surface area contributed by atoms with Gasteiger partial charge < -0.3 is 10.2 Å². The zero-order valence-electron chi connectivity index (χ0n) is 8.75. The van der Waals surface area contributed by atoms with Gasteiger partial charge >= 0.3 is 18.3 Å². The van der Waals surface area contributed by atoms with Crippen LogP contribution in [-0.4, -0.2) is 21.2 Å². The Balaban J connectivity index is 3.48. The molecule has 0 bridgehead atoms. The second-order valence-corrected chi connectivity index (χ2v) is 3.40. The number of alkyl halides is 6. The minimum absolute atomic E-state index is 0.0824. The van der Waals surface area contributed by atoms with Gasteiger partial charge in [-0.2, -0.15) is 26.3 Å². The van der Waals surface area contributed by atoms with Crippen LogP contribution < -0.4 is 0 Å². The van der Waals surface area contributed by atoms with Crippen LogP contribution in [0.2, 0.25) is 0 Å². The van der Waals surface area contributed by atoms with Crippen molar-refractivity contribution in [2.45, 2.75) is 18.5 Å². The molecule has 106 valence electrons. The summed E-state index contributed by atoms with van der Waals surface area (Å²) in [5, 5.41) is 17.4. The average Bonchev–Trinajstić information content (AvgIpc) is 2.24. The normalized spacial score (nSPS) is 14.3. The van der Waals surface area contributed by atoms with E-state index < -0.39 is 41.2 Å². The maximum absolute atomic E-state index is 12.5. The molecule has 0 saturated heterocycles. The van der Waals surface area contributed by atoms with E-state index >= 15 is 0 Å². The summed E-state index contributed by atoms with van der Waals surface area (Å²) in [5.41, 5.74) is -4.93. The maximum atomic E-state index is 12.5. The quantitative estimate of drug-likeness (QED) is 0.819. The van der Waals surface area contributed by atoms with Crippen molar-refractivity contribution in [2.75, 3.05) is 0 Å². The van der Waals surface area contributed by atoms with Crippen LogP contribution in [0.4, 0.5) is 26.3 Å². The molecular weight excluding hydrogens is 284 g/mol. The fraction of sp³-hybridized carbons (Fsp3) is 0.333. The largest absolute Gasteiger partial charge is 0.479 e. The molecule has 0 aliphatic carbocycles. The van der Waals surface area contributed by atoms with Crippen LogP contribution in [0.25, 0.3) is 0 Å². The standard InChI is InChI=1S/C9H5F6NO3/c10-8(11,12)3-1-4(5(17)7(18)19)6(16-2-3)9(13,14)15/h1-2,5,17H,(H,18,19). The van der Waals surface area contributed by atoms with E-state index in [4.69, 9.17) is 10.2 Å². The number of aliphatic hydroxyl groups is 1. The molecule has 19 heavy (non-hydrogen) atoms. The minimum Gasteiger partial charge on any atom is -0.479 e. The summed E-state index contributed by atoms with van der Waals surface area (Å²) in [5.74, 6) is -2.12. The third-order valence-corrected chi connectivity index (χ3v) is 2.04. The Kier molecular flexibility index (Phi) is 3.75. The van der Waals surface area contributed by atoms with E-state index in [1.54, 1.807) is 0 Å². The number of aromatic nitrogens is 1. The minimum atomic E-state index is -5.18.